The Bertz CT molecular complexity index is 786. The topological polar surface area (TPSA) is 76.1 Å². The Labute approximate surface area is 382 Å². The molecule has 0 aromatic heterocycles. The summed E-state index contributed by atoms with van der Waals surface area (Å²) in [7, 11) is 0. The number of hydrogen-bond acceptors (Lipinski definition) is 6. The Hall–Kier alpha value is -1.14. The van der Waals surface area contributed by atoms with Gasteiger partial charge in [-0.2, -0.15) is 0 Å². The number of aliphatic hydroxyl groups excluding tert-OH is 1. The van der Waals surface area contributed by atoms with Crippen molar-refractivity contribution >= 4 is 11.9 Å². The van der Waals surface area contributed by atoms with Crippen LogP contribution in [0.5, 0.6) is 0 Å². The molecule has 0 rings (SSSR count). The van der Waals surface area contributed by atoms with E-state index in [9.17, 15) is 14.7 Å². The number of carbonyl (C=O) groups excluding carboxylic acids is 2. The van der Waals surface area contributed by atoms with Gasteiger partial charge in [0.05, 0.1) is 0 Å². The van der Waals surface area contributed by atoms with Crippen LogP contribution in [0.4, 0.5) is 0 Å². The first kappa shape index (κ1) is 59.9. The Morgan fingerprint density at radius 1 is 0.344 bits per heavy atom. The second-order valence-electron chi connectivity index (χ2n) is 19.1. The van der Waals surface area contributed by atoms with Crippen LogP contribution in [0, 0.1) is 0 Å². The number of rotatable bonds is 51. The van der Waals surface area contributed by atoms with Gasteiger partial charge in [-0.05, 0) is 116 Å². The average molecular weight is 864 g/mol. The zero-order valence-corrected chi connectivity index (χ0v) is 41.9. The number of aliphatic hydroxyl groups is 1. The predicted octanol–water partition coefficient (Wildman–Crippen LogP) is 17.0. The molecule has 0 aromatic carbocycles. The fraction of sp³-hybridized carbons (Fsp3) is 0.964. The summed E-state index contributed by atoms with van der Waals surface area (Å²) in [6, 6.07) is 0. The van der Waals surface area contributed by atoms with Crippen LogP contribution >= 0.6 is 0 Å². The minimum absolute atomic E-state index is 0.0298. The SMILES string of the molecule is CCCCCCCCC(CCCCCCCC)OC(=O)CCCCCCCN(CCCCCO)CCCCCCCC(=O)OC(CCCCCCCC)CCCCCCCC. The van der Waals surface area contributed by atoms with Crippen LogP contribution in [-0.4, -0.2) is 60.4 Å². The zero-order valence-electron chi connectivity index (χ0n) is 41.9. The Morgan fingerprint density at radius 2 is 0.590 bits per heavy atom. The Balaban J connectivity index is 4.43. The monoisotopic (exact) mass is 864 g/mol. The molecule has 0 aromatic rings. The summed E-state index contributed by atoms with van der Waals surface area (Å²) in [6.45, 7) is 12.8. The smallest absolute Gasteiger partial charge is 0.306 e. The molecule has 0 saturated heterocycles. The summed E-state index contributed by atoms with van der Waals surface area (Å²) in [5, 5.41) is 9.27. The van der Waals surface area contributed by atoms with Gasteiger partial charge < -0.3 is 19.5 Å². The Kier molecular flexibility index (Phi) is 48.9. The fourth-order valence-corrected chi connectivity index (χ4v) is 8.85. The Morgan fingerprint density at radius 3 is 0.885 bits per heavy atom. The van der Waals surface area contributed by atoms with E-state index in [4.69, 9.17) is 9.47 Å². The summed E-state index contributed by atoms with van der Waals surface area (Å²) in [4.78, 5) is 28.3. The third kappa shape index (κ3) is 45.2. The average Bonchev–Trinajstić information content (AvgIpc) is 3.25. The van der Waals surface area contributed by atoms with Gasteiger partial charge in [0.15, 0.2) is 0 Å². The summed E-state index contributed by atoms with van der Waals surface area (Å²) in [5.74, 6) is 0.0596. The van der Waals surface area contributed by atoms with Crippen LogP contribution < -0.4 is 0 Å². The molecule has 0 atom stereocenters. The highest BCUT2D eigenvalue weighted by atomic mass is 16.5. The highest BCUT2D eigenvalue weighted by Crippen LogP contribution is 2.20. The van der Waals surface area contributed by atoms with Crippen molar-refractivity contribution in [1.82, 2.24) is 4.90 Å². The van der Waals surface area contributed by atoms with Gasteiger partial charge in [0, 0.05) is 19.4 Å². The molecule has 0 fully saturated rings. The van der Waals surface area contributed by atoms with E-state index in [1.807, 2.05) is 0 Å². The van der Waals surface area contributed by atoms with Gasteiger partial charge >= 0.3 is 11.9 Å². The molecular weight excluding hydrogens is 755 g/mol. The highest BCUT2D eigenvalue weighted by Gasteiger charge is 2.16. The van der Waals surface area contributed by atoms with Gasteiger partial charge in [-0.3, -0.25) is 9.59 Å². The first-order valence-electron chi connectivity index (χ1n) is 27.7. The second kappa shape index (κ2) is 49.9. The first-order chi connectivity index (χ1) is 30.0. The molecule has 0 radical (unpaired) electrons. The number of carbonyl (C=O) groups is 2. The van der Waals surface area contributed by atoms with Gasteiger partial charge in [-0.15, -0.1) is 0 Å². The lowest BCUT2D eigenvalue weighted by atomic mass is 10.0. The maximum absolute atomic E-state index is 12.8. The van der Waals surface area contributed by atoms with E-state index in [2.05, 4.69) is 32.6 Å². The van der Waals surface area contributed by atoms with Gasteiger partial charge in [-0.1, -0.05) is 195 Å². The zero-order chi connectivity index (χ0) is 44.5. The molecule has 6 nitrogen and oxygen atoms in total. The number of hydrogen-bond donors (Lipinski definition) is 1. The van der Waals surface area contributed by atoms with Crippen molar-refractivity contribution in [2.45, 2.75) is 316 Å². The summed E-state index contributed by atoms with van der Waals surface area (Å²) >= 11 is 0. The minimum Gasteiger partial charge on any atom is -0.462 e. The molecule has 0 spiro atoms. The molecule has 0 aliphatic rings. The van der Waals surface area contributed by atoms with E-state index in [1.54, 1.807) is 0 Å². The molecule has 0 aliphatic heterocycles. The van der Waals surface area contributed by atoms with Crippen LogP contribution in [0.3, 0.4) is 0 Å². The maximum atomic E-state index is 12.8. The quantitative estimate of drug-likeness (QED) is 0.0485. The molecule has 0 saturated carbocycles. The molecule has 364 valence electrons. The standard InChI is InChI=1S/C55H109NO5/c1-5-9-13-17-23-32-42-52(43-33-24-18-14-10-6-2)60-54(58)46-36-27-21-29-38-48-56(50-40-31-41-51-57)49-39-30-22-28-37-47-55(59)61-53(44-34-25-19-15-11-7-3)45-35-26-20-16-12-8-4/h52-53,57H,5-51H2,1-4H3. The van der Waals surface area contributed by atoms with Crippen LogP contribution in [0.2, 0.25) is 0 Å². The van der Waals surface area contributed by atoms with E-state index in [1.165, 1.54) is 193 Å². The highest BCUT2D eigenvalue weighted by molar-refractivity contribution is 5.69. The van der Waals surface area contributed by atoms with E-state index in [0.717, 1.165) is 90.3 Å². The van der Waals surface area contributed by atoms with E-state index in [0.29, 0.717) is 19.4 Å². The number of esters is 2. The van der Waals surface area contributed by atoms with Crippen molar-refractivity contribution in [3.63, 3.8) is 0 Å². The first-order valence-corrected chi connectivity index (χ1v) is 27.7. The van der Waals surface area contributed by atoms with Crippen molar-refractivity contribution < 1.29 is 24.2 Å². The van der Waals surface area contributed by atoms with E-state index < -0.39 is 0 Å². The lowest BCUT2D eigenvalue weighted by Crippen LogP contribution is -2.27. The predicted molar refractivity (Wildman–Crippen MR) is 265 cm³/mol. The van der Waals surface area contributed by atoms with Crippen molar-refractivity contribution in [2.24, 2.45) is 0 Å². The molecular formula is C55H109NO5. The van der Waals surface area contributed by atoms with E-state index >= 15 is 0 Å². The minimum atomic E-state index is 0.0298. The van der Waals surface area contributed by atoms with Crippen LogP contribution in [0.25, 0.3) is 0 Å². The van der Waals surface area contributed by atoms with Crippen LogP contribution in [-0.2, 0) is 19.1 Å². The van der Waals surface area contributed by atoms with Crippen LogP contribution in [0.15, 0.2) is 0 Å². The second-order valence-corrected chi connectivity index (χ2v) is 19.1. The fourth-order valence-electron chi connectivity index (χ4n) is 8.85. The molecule has 0 unspecified atom stereocenters. The lowest BCUT2D eigenvalue weighted by Gasteiger charge is -2.22. The number of unbranched alkanes of at least 4 members (excludes halogenated alkanes) is 30. The third-order valence-electron chi connectivity index (χ3n) is 13.0. The summed E-state index contributed by atoms with van der Waals surface area (Å²) in [6.07, 6.45) is 50.9. The van der Waals surface area contributed by atoms with Crippen molar-refractivity contribution in [3.05, 3.63) is 0 Å². The summed E-state index contributed by atoms with van der Waals surface area (Å²) < 4.78 is 12.2. The molecule has 61 heavy (non-hydrogen) atoms. The van der Waals surface area contributed by atoms with E-state index in [-0.39, 0.29) is 24.1 Å². The molecule has 6 heteroatoms. The van der Waals surface area contributed by atoms with Crippen molar-refractivity contribution in [2.75, 3.05) is 26.2 Å². The van der Waals surface area contributed by atoms with Gasteiger partial charge in [-0.25, -0.2) is 0 Å². The van der Waals surface area contributed by atoms with Gasteiger partial charge in [0.1, 0.15) is 12.2 Å². The van der Waals surface area contributed by atoms with Crippen LogP contribution in [0.1, 0.15) is 304 Å². The molecule has 0 bridgehead atoms. The molecule has 1 N–H and O–H groups in total. The van der Waals surface area contributed by atoms with Crippen molar-refractivity contribution in [1.29, 1.82) is 0 Å². The summed E-state index contributed by atoms with van der Waals surface area (Å²) in [5.41, 5.74) is 0. The normalized spacial score (nSPS) is 11.7. The molecule has 0 amide bonds. The number of nitrogens with zero attached hydrogens (tertiary/aromatic N) is 1. The molecule has 0 aliphatic carbocycles. The largest absolute Gasteiger partial charge is 0.462 e. The van der Waals surface area contributed by atoms with Gasteiger partial charge in [0.2, 0.25) is 0 Å². The number of ether oxygens (including phenoxy) is 2. The van der Waals surface area contributed by atoms with Crippen molar-refractivity contribution in [3.8, 4) is 0 Å². The lowest BCUT2D eigenvalue weighted by molar-refractivity contribution is -0.151. The third-order valence-corrected chi connectivity index (χ3v) is 13.0. The van der Waals surface area contributed by atoms with Gasteiger partial charge in [0.25, 0.3) is 0 Å². The maximum Gasteiger partial charge on any atom is 0.306 e. The molecule has 0 heterocycles.